The SMILES string of the molecule is c1ccc(-c2ccc(-c3nc(-c4ccc(-c5cccc(-c6ccccc6)c5)cc4)nc(-n4c5ccccc5c5c6c7ccccc7n(-c7ccccc7)c6ccc54)n3)cc2)cc1. The number of fused-ring (bicyclic) bond motifs is 7. The van der Waals surface area contributed by atoms with Crippen LogP contribution in [0.4, 0.5) is 0 Å². The van der Waals surface area contributed by atoms with E-state index in [2.05, 4.69) is 228 Å². The van der Waals surface area contributed by atoms with Crippen molar-refractivity contribution in [2.75, 3.05) is 0 Å². The van der Waals surface area contributed by atoms with E-state index in [0.717, 1.165) is 66.5 Å². The Morgan fingerprint density at radius 3 is 1.19 bits per heavy atom. The summed E-state index contributed by atoms with van der Waals surface area (Å²) in [7, 11) is 0. The maximum absolute atomic E-state index is 5.32. The van der Waals surface area contributed by atoms with Gasteiger partial charge in [-0.25, -0.2) is 4.98 Å². The Morgan fingerprint density at radius 2 is 0.645 bits per heavy atom. The highest BCUT2D eigenvalue weighted by atomic mass is 15.2. The molecule has 12 aromatic rings. The quantitative estimate of drug-likeness (QED) is 0.162. The van der Waals surface area contributed by atoms with Crippen molar-refractivity contribution in [3.63, 3.8) is 0 Å². The van der Waals surface area contributed by atoms with Gasteiger partial charge in [-0.1, -0.05) is 182 Å². The lowest BCUT2D eigenvalue weighted by atomic mass is 9.98. The van der Waals surface area contributed by atoms with Crippen LogP contribution < -0.4 is 0 Å². The standard InChI is InChI=1S/C57H37N5/c1-4-15-38(16-5-1)40-27-31-42(32-28-40)55-58-56(43-33-29-41(30-34-43)45-20-14-19-44(37-45)39-17-6-2-7-18-39)60-57(59-55)62-50-26-13-11-24-48(50)54-52(62)36-35-51-53(54)47-23-10-12-25-49(47)61(51)46-21-8-3-9-22-46/h1-37H. The third kappa shape index (κ3) is 5.98. The molecule has 3 heterocycles. The minimum atomic E-state index is 0.564. The van der Waals surface area contributed by atoms with E-state index in [4.69, 9.17) is 15.0 Å². The highest BCUT2D eigenvalue weighted by molar-refractivity contribution is 6.28. The summed E-state index contributed by atoms with van der Waals surface area (Å²) in [5.41, 5.74) is 14.3. The molecule has 5 nitrogen and oxygen atoms in total. The van der Waals surface area contributed by atoms with Crippen LogP contribution in [0.2, 0.25) is 0 Å². The van der Waals surface area contributed by atoms with Crippen molar-refractivity contribution in [2.45, 2.75) is 0 Å². The smallest absolute Gasteiger partial charge is 0.238 e. The lowest BCUT2D eigenvalue weighted by Crippen LogP contribution is -2.06. The summed E-state index contributed by atoms with van der Waals surface area (Å²) in [5.74, 6) is 1.78. The first-order valence-electron chi connectivity index (χ1n) is 20.9. The van der Waals surface area contributed by atoms with Crippen LogP contribution in [-0.2, 0) is 0 Å². The Bertz CT molecular complexity index is 3590. The number of nitrogens with zero attached hydrogens (tertiary/aromatic N) is 5. The van der Waals surface area contributed by atoms with Crippen LogP contribution in [0.25, 0.3) is 111 Å². The van der Waals surface area contributed by atoms with Crippen LogP contribution in [0.15, 0.2) is 224 Å². The topological polar surface area (TPSA) is 48.5 Å². The van der Waals surface area contributed by atoms with Gasteiger partial charge in [0.25, 0.3) is 0 Å². The Balaban J connectivity index is 1.05. The van der Waals surface area contributed by atoms with Gasteiger partial charge in [0.2, 0.25) is 5.95 Å². The first-order chi connectivity index (χ1) is 30.7. The van der Waals surface area contributed by atoms with Crippen molar-refractivity contribution in [3.05, 3.63) is 224 Å². The van der Waals surface area contributed by atoms with Crippen LogP contribution in [0.5, 0.6) is 0 Å². The molecule has 0 aliphatic rings. The van der Waals surface area contributed by atoms with E-state index in [0.29, 0.717) is 17.6 Å². The van der Waals surface area contributed by atoms with Crippen LogP contribution in [-0.4, -0.2) is 24.1 Å². The maximum atomic E-state index is 5.32. The van der Waals surface area contributed by atoms with E-state index >= 15 is 0 Å². The monoisotopic (exact) mass is 791 g/mol. The van der Waals surface area contributed by atoms with Crippen LogP contribution in [0.1, 0.15) is 0 Å². The molecule has 0 aliphatic carbocycles. The van der Waals surface area contributed by atoms with Crippen LogP contribution in [0, 0.1) is 0 Å². The fourth-order valence-electron chi connectivity index (χ4n) is 9.07. The zero-order valence-electron chi connectivity index (χ0n) is 33.6. The lowest BCUT2D eigenvalue weighted by molar-refractivity contribution is 0.953. The van der Waals surface area contributed by atoms with Crippen molar-refractivity contribution in [3.8, 4) is 67.8 Å². The molecule has 5 heteroatoms. The summed E-state index contributed by atoms with van der Waals surface area (Å²) in [5, 5.41) is 4.71. The molecular formula is C57H37N5. The summed E-state index contributed by atoms with van der Waals surface area (Å²) in [4.78, 5) is 15.8. The Labute approximate surface area is 358 Å². The first kappa shape index (κ1) is 35.5. The van der Waals surface area contributed by atoms with Crippen LogP contribution in [0.3, 0.4) is 0 Å². The van der Waals surface area contributed by atoms with Gasteiger partial charge in [0, 0.05) is 38.4 Å². The number of rotatable bonds is 7. The molecule has 9 aromatic carbocycles. The van der Waals surface area contributed by atoms with Gasteiger partial charge in [0.1, 0.15) is 0 Å². The van der Waals surface area contributed by atoms with Crippen molar-refractivity contribution < 1.29 is 0 Å². The molecule has 0 spiro atoms. The first-order valence-corrected chi connectivity index (χ1v) is 20.9. The fraction of sp³-hybridized carbons (Fsp3) is 0. The van der Waals surface area contributed by atoms with Gasteiger partial charge in [-0.3, -0.25) is 4.57 Å². The average molecular weight is 792 g/mol. The molecule has 0 fully saturated rings. The Kier molecular flexibility index (Phi) is 8.42. The van der Waals surface area contributed by atoms with E-state index in [9.17, 15) is 0 Å². The van der Waals surface area contributed by atoms with Crippen molar-refractivity contribution in [1.82, 2.24) is 24.1 Å². The summed E-state index contributed by atoms with van der Waals surface area (Å²) in [6, 6.07) is 79.1. The molecule has 3 aromatic heterocycles. The van der Waals surface area contributed by atoms with E-state index < -0.39 is 0 Å². The van der Waals surface area contributed by atoms with Crippen molar-refractivity contribution in [1.29, 1.82) is 0 Å². The van der Waals surface area contributed by atoms with E-state index in [1.165, 1.54) is 27.3 Å². The fourth-order valence-corrected chi connectivity index (χ4v) is 9.07. The second-order valence-electron chi connectivity index (χ2n) is 15.6. The number of para-hydroxylation sites is 3. The molecule has 0 atom stereocenters. The van der Waals surface area contributed by atoms with E-state index in [-0.39, 0.29) is 0 Å². The normalized spacial score (nSPS) is 11.5. The number of aromatic nitrogens is 5. The van der Waals surface area contributed by atoms with Gasteiger partial charge in [-0.15, -0.1) is 0 Å². The minimum absolute atomic E-state index is 0.564. The number of benzene rings is 9. The predicted octanol–water partition coefficient (Wildman–Crippen LogP) is 14.4. The Hall–Kier alpha value is -8.41. The predicted molar refractivity (Wildman–Crippen MR) is 256 cm³/mol. The molecule has 12 rings (SSSR count). The zero-order valence-corrected chi connectivity index (χ0v) is 33.6. The van der Waals surface area contributed by atoms with Gasteiger partial charge < -0.3 is 4.57 Å². The number of hydrogen-bond donors (Lipinski definition) is 0. The van der Waals surface area contributed by atoms with Gasteiger partial charge in [0.15, 0.2) is 11.6 Å². The maximum Gasteiger partial charge on any atom is 0.238 e. The summed E-state index contributed by atoms with van der Waals surface area (Å²) in [6.07, 6.45) is 0. The molecule has 0 aliphatic heterocycles. The molecule has 0 bridgehead atoms. The molecule has 290 valence electrons. The largest absolute Gasteiger partial charge is 0.309 e. The zero-order chi connectivity index (χ0) is 41.0. The van der Waals surface area contributed by atoms with Crippen molar-refractivity contribution in [2.24, 2.45) is 0 Å². The minimum Gasteiger partial charge on any atom is -0.309 e. The summed E-state index contributed by atoms with van der Waals surface area (Å²) < 4.78 is 4.59. The highest BCUT2D eigenvalue weighted by Gasteiger charge is 2.22. The Morgan fingerprint density at radius 1 is 0.258 bits per heavy atom. The molecule has 0 radical (unpaired) electrons. The summed E-state index contributed by atoms with van der Waals surface area (Å²) >= 11 is 0. The second-order valence-corrected chi connectivity index (χ2v) is 15.6. The van der Waals surface area contributed by atoms with E-state index in [1.54, 1.807) is 0 Å². The van der Waals surface area contributed by atoms with Gasteiger partial charge in [-0.2, -0.15) is 9.97 Å². The molecule has 0 N–H and O–H groups in total. The van der Waals surface area contributed by atoms with Crippen LogP contribution >= 0.6 is 0 Å². The molecular weight excluding hydrogens is 755 g/mol. The average Bonchev–Trinajstić information content (AvgIpc) is 3.88. The molecule has 0 saturated carbocycles. The van der Waals surface area contributed by atoms with Gasteiger partial charge in [0.05, 0.1) is 22.1 Å². The highest BCUT2D eigenvalue weighted by Crippen LogP contribution is 2.42. The molecule has 0 saturated heterocycles. The molecule has 62 heavy (non-hydrogen) atoms. The molecule has 0 unspecified atom stereocenters. The molecule has 0 amide bonds. The van der Waals surface area contributed by atoms with Crippen molar-refractivity contribution >= 4 is 43.6 Å². The van der Waals surface area contributed by atoms with E-state index in [1.807, 2.05) is 6.07 Å². The third-order valence-corrected chi connectivity index (χ3v) is 12.0. The second kappa shape index (κ2) is 14.7. The third-order valence-electron chi connectivity index (χ3n) is 12.0. The van der Waals surface area contributed by atoms with Gasteiger partial charge in [-0.05, 0) is 75.8 Å². The number of hydrogen-bond acceptors (Lipinski definition) is 3. The summed E-state index contributed by atoms with van der Waals surface area (Å²) in [6.45, 7) is 0. The lowest BCUT2D eigenvalue weighted by Gasteiger charge is -2.12. The van der Waals surface area contributed by atoms with Gasteiger partial charge >= 0.3 is 0 Å².